The minimum absolute atomic E-state index is 0.135. The Morgan fingerprint density at radius 1 is 1.10 bits per heavy atom. The van der Waals surface area contributed by atoms with Gasteiger partial charge in [-0.1, -0.05) is 43.3 Å². The van der Waals surface area contributed by atoms with Gasteiger partial charge in [-0.2, -0.15) is 0 Å². The molecule has 2 unspecified atom stereocenters. The summed E-state index contributed by atoms with van der Waals surface area (Å²) in [5, 5.41) is 10.3. The molecule has 20 heavy (non-hydrogen) atoms. The summed E-state index contributed by atoms with van der Waals surface area (Å²) in [5.74, 6) is 0.640. The monoisotopic (exact) mass is 288 g/mol. The first-order valence-corrected chi connectivity index (χ1v) is 8.49. The molecule has 1 aliphatic heterocycles. The Morgan fingerprint density at radius 3 is 2.45 bits per heavy atom. The highest BCUT2D eigenvalue weighted by molar-refractivity contribution is 7.68. The van der Waals surface area contributed by atoms with Crippen molar-refractivity contribution in [3.63, 3.8) is 0 Å². The number of hydrogen-bond donors (Lipinski definition) is 1. The molecule has 0 radical (unpaired) electrons. The van der Waals surface area contributed by atoms with Crippen LogP contribution in [0, 0.1) is 0 Å². The maximum absolute atomic E-state index is 13.4. The lowest BCUT2D eigenvalue weighted by molar-refractivity contribution is 0.282. The third-order valence-corrected chi connectivity index (χ3v) is 6.83. The quantitative estimate of drug-likeness (QED) is 0.880. The van der Waals surface area contributed by atoms with Crippen molar-refractivity contribution >= 4 is 12.7 Å². The molecule has 104 valence electrons. The van der Waals surface area contributed by atoms with Gasteiger partial charge in [0.15, 0.2) is 0 Å². The highest BCUT2D eigenvalue weighted by atomic mass is 31.2. The second kappa shape index (κ2) is 5.08. The molecule has 4 heteroatoms. The van der Waals surface area contributed by atoms with Crippen LogP contribution >= 0.6 is 7.37 Å². The molecule has 3 rings (SSSR count). The molecule has 0 fully saturated rings. The lowest BCUT2D eigenvalue weighted by atomic mass is 10.0. The first-order chi connectivity index (χ1) is 9.70. The van der Waals surface area contributed by atoms with E-state index in [1.165, 1.54) is 0 Å². The Labute approximate surface area is 118 Å². The fourth-order valence-electron chi connectivity index (χ4n) is 2.69. The van der Waals surface area contributed by atoms with Crippen LogP contribution in [-0.4, -0.2) is 17.4 Å². The van der Waals surface area contributed by atoms with Crippen molar-refractivity contribution in [2.45, 2.75) is 19.0 Å². The van der Waals surface area contributed by atoms with Crippen LogP contribution in [0.5, 0.6) is 5.75 Å². The van der Waals surface area contributed by atoms with Crippen LogP contribution in [-0.2, 0) is 4.57 Å². The minimum Gasteiger partial charge on any atom is -0.439 e. The molecule has 1 aliphatic rings. The average Bonchev–Trinajstić information content (AvgIpc) is 2.49. The Bertz CT molecular complexity index is 677. The predicted octanol–water partition coefficient (Wildman–Crippen LogP) is 3.42. The molecular weight excluding hydrogens is 271 g/mol. The second-order valence-corrected chi connectivity index (χ2v) is 7.54. The number of hydrogen-bond acceptors (Lipinski definition) is 3. The van der Waals surface area contributed by atoms with Crippen molar-refractivity contribution in [1.29, 1.82) is 0 Å². The van der Waals surface area contributed by atoms with E-state index in [0.29, 0.717) is 12.2 Å². The van der Waals surface area contributed by atoms with E-state index in [1.807, 2.05) is 55.5 Å². The van der Waals surface area contributed by atoms with Gasteiger partial charge in [0.1, 0.15) is 5.75 Å². The average molecular weight is 288 g/mol. The molecule has 0 bridgehead atoms. The van der Waals surface area contributed by atoms with Gasteiger partial charge >= 0.3 is 0 Å². The number of aliphatic hydroxyl groups is 1. The molecule has 1 N–H and O–H groups in total. The van der Waals surface area contributed by atoms with Crippen molar-refractivity contribution in [2.75, 3.05) is 6.61 Å². The van der Waals surface area contributed by atoms with Crippen LogP contribution < -0.4 is 9.83 Å². The van der Waals surface area contributed by atoms with Crippen molar-refractivity contribution in [1.82, 2.24) is 0 Å². The summed E-state index contributed by atoms with van der Waals surface area (Å²) in [6.07, 6.45) is 0.615. The topological polar surface area (TPSA) is 46.5 Å². The summed E-state index contributed by atoms with van der Waals surface area (Å²) in [5.41, 5.74) is 1.55. The molecule has 3 nitrogen and oxygen atoms in total. The molecule has 0 aliphatic carbocycles. The molecule has 2 aromatic rings. The molecule has 0 saturated carbocycles. The first-order valence-electron chi connectivity index (χ1n) is 6.80. The molecular formula is C16H17O3P. The summed E-state index contributed by atoms with van der Waals surface area (Å²) in [6.45, 7) is 1.79. The summed E-state index contributed by atoms with van der Waals surface area (Å²) < 4.78 is 19.3. The van der Waals surface area contributed by atoms with E-state index in [4.69, 9.17) is 4.52 Å². The summed E-state index contributed by atoms with van der Waals surface area (Å²) >= 11 is 0. The molecule has 0 aromatic heterocycles. The number of benzene rings is 2. The predicted molar refractivity (Wildman–Crippen MR) is 80.9 cm³/mol. The van der Waals surface area contributed by atoms with Gasteiger partial charge in [-0.05, 0) is 24.1 Å². The summed E-state index contributed by atoms with van der Waals surface area (Å²) in [6, 6.07) is 15.2. The van der Waals surface area contributed by atoms with Crippen molar-refractivity contribution in [3.8, 4) is 16.9 Å². The van der Waals surface area contributed by atoms with E-state index >= 15 is 0 Å². The fourth-order valence-corrected chi connectivity index (χ4v) is 5.30. The maximum atomic E-state index is 13.4. The van der Waals surface area contributed by atoms with Crippen molar-refractivity contribution in [3.05, 3.63) is 48.5 Å². The molecule has 1 heterocycles. The Hall–Kier alpha value is -1.57. The fraction of sp³-hybridized carbons (Fsp3) is 0.250. The van der Waals surface area contributed by atoms with Crippen molar-refractivity contribution < 1.29 is 14.2 Å². The highest BCUT2D eigenvalue weighted by Gasteiger charge is 2.41. The van der Waals surface area contributed by atoms with Crippen LogP contribution in [0.25, 0.3) is 11.1 Å². The Morgan fingerprint density at radius 2 is 1.75 bits per heavy atom. The maximum Gasteiger partial charge on any atom is 0.283 e. The number of fused-ring (bicyclic) bond motifs is 3. The zero-order chi connectivity index (χ0) is 14.2. The molecule has 2 aromatic carbocycles. The van der Waals surface area contributed by atoms with Gasteiger partial charge in [0.25, 0.3) is 7.37 Å². The van der Waals surface area contributed by atoms with Crippen LogP contribution in [0.2, 0.25) is 0 Å². The van der Waals surface area contributed by atoms with Gasteiger partial charge in [0, 0.05) is 5.56 Å². The Balaban J connectivity index is 2.26. The number of rotatable bonds is 3. The highest BCUT2D eigenvalue weighted by Crippen LogP contribution is 2.58. The smallest absolute Gasteiger partial charge is 0.283 e. The SMILES string of the molecule is CCC(CO)P1(=O)Oc2ccccc2-c2ccccc21. The minimum atomic E-state index is -3.10. The normalized spacial score (nSPS) is 21.5. The molecule has 2 atom stereocenters. The van der Waals surface area contributed by atoms with Crippen molar-refractivity contribution in [2.24, 2.45) is 0 Å². The van der Waals surface area contributed by atoms with Gasteiger partial charge in [-0.3, -0.25) is 4.57 Å². The van der Waals surface area contributed by atoms with Crippen LogP contribution in [0.3, 0.4) is 0 Å². The zero-order valence-electron chi connectivity index (χ0n) is 11.3. The lowest BCUT2D eigenvalue weighted by Gasteiger charge is -2.32. The lowest BCUT2D eigenvalue weighted by Crippen LogP contribution is -2.27. The van der Waals surface area contributed by atoms with Crippen LogP contribution in [0.1, 0.15) is 13.3 Å². The van der Waals surface area contributed by atoms with Gasteiger partial charge in [0.2, 0.25) is 0 Å². The third kappa shape index (κ3) is 1.90. The number of para-hydroxylation sites is 1. The van der Waals surface area contributed by atoms with Gasteiger partial charge in [-0.15, -0.1) is 0 Å². The number of aliphatic hydroxyl groups excluding tert-OH is 1. The summed E-state index contributed by atoms with van der Waals surface area (Å²) in [4.78, 5) is 0. The van der Waals surface area contributed by atoms with E-state index in [2.05, 4.69) is 0 Å². The van der Waals surface area contributed by atoms with E-state index in [-0.39, 0.29) is 12.3 Å². The van der Waals surface area contributed by atoms with E-state index in [0.717, 1.165) is 16.4 Å². The van der Waals surface area contributed by atoms with E-state index < -0.39 is 7.37 Å². The van der Waals surface area contributed by atoms with Gasteiger partial charge in [-0.25, -0.2) is 0 Å². The van der Waals surface area contributed by atoms with Gasteiger partial charge in [0.05, 0.1) is 17.6 Å². The third-order valence-electron chi connectivity index (χ3n) is 3.81. The first kappa shape index (κ1) is 13.4. The van der Waals surface area contributed by atoms with Crippen LogP contribution in [0.4, 0.5) is 0 Å². The molecule has 0 spiro atoms. The van der Waals surface area contributed by atoms with Gasteiger partial charge < -0.3 is 9.63 Å². The largest absolute Gasteiger partial charge is 0.439 e. The van der Waals surface area contributed by atoms with E-state index in [1.54, 1.807) is 0 Å². The summed E-state index contributed by atoms with van der Waals surface area (Å²) in [7, 11) is -3.10. The second-order valence-electron chi connectivity index (χ2n) is 4.95. The molecule has 0 amide bonds. The molecule has 0 saturated heterocycles. The standard InChI is InChI=1S/C16H17O3P/c1-2-12(11-17)20(18)16-10-6-4-8-14(16)13-7-3-5-9-15(13)19-20/h3-10,12,17H,2,11H2,1H3. The zero-order valence-corrected chi connectivity index (χ0v) is 12.2. The van der Waals surface area contributed by atoms with Crippen LogP contribution in [0.15, 0.2) is 48.5 Å². The Kier molecular flexibility index (Phi) is 3.41. The van der Waals surface area contributed by atoms with E-state index in [9.17, 15) is 9.67 Å².